The Morgan fingerprint density at radius 3 is 2.50 bits per heavy atom. The third-order valence-corrected chi connectivity index (χ3v) is 8.16. The van der Waals surface area contributed by atoms with Gasteiger partial charge in [0.25, 0.3) is 0 Å². The second-order valence-electron chi connectivity index (χ2n) is 10.5. The molecule has 3 heterocycles. The van der Waals surface area contributed by atoms with Gasteiger partial charge in [0, 0.05) is 47.4 Å². The standard InChI is InChI=1S/C30H34FN7O2/c31-25-4-2-1-3-22(25)18-37-12-11-20-17-21(5-10-26(20)37)28-27-29(32)33-19-34-30(27)38(35-28)24-8-6-23(7-9-24)36(13-15-39)14-16-40/h1-5,10-12,17,19,23-24,39-40H,6-9,13-16,18H2,(H2,32,33,34). The van der Waals surface area contributed by atoms with E-state index in [9.17, 15) is 14.6 Å². The molecule has 10 heteroatoms. The van der Waals surface area contributed by atoms with Crippen molar-refractivity contribution in [3.05, 3.63) is 72.4 Å². The Hall–Kier alpha value is -3.86. The second kappa shape index (κ2) is 11.3. The van der Waals surface area contributed by atoms with Gasteiger partial charge in [0.2, 0.25) is 0 Å². The zero-order valence-corrected chi connectivity index (χ0v) is 22.3. The maximum Gasteiger partial charge on any atom is 0.164 e. The number of aliphatic hydroxyl groups is 2. The molecule has 3 aromatic heterocycles. The highest BCUT2D eigenvalue weighted by Crippen LogP contribution is 2.37. The van der Waals surface area contributed by atoms with Crippen LogP contribution in [-0.4, -0.2) is 71.8 Å². The van der Waals surface area contributed by atoms with Gasteiger partial charge in [-0.3, -0.25) is 4.90 Å². The molecule has 1 fully saturated rings. The summed E-state index contributed by atoms with van der Waals surface area (Å²) in [6.07, 6.45) is 7.19. The lowest BCUT2D eigenvalue weighted by Crippen LogP contribution is -2.41. The number of benzene rings is 2. The van der Waals surface area contributed by atoms with Crippen LogP contribution in [0, 0.1) is 5.82 Å². The minimum absolute atomic E-state index is 0.0835. The van der Waals surface area contributed by atoms with Gasteiger partial charge in [-0.25, -0.2) is 19.0 Å². The van der Waals surface area contributed by atoms with Gasteiger partial charge in [-0.15, -0.1) is 0 Å². The molecule has 0 saturated heterocycles. The van der Waals surface area contributed by atoms with Crippen molar-refractivity contribution in [1.29, 1.82) is 0 Å². The van der Waals surface area contributed by atoms with Crippen LogP contribution in [0.2, 0.25) is 0 Å². The van der Waals surface area contributed by atoms with Crippen LogP contribution in [0.15, 0.2) is 61.1 Å². The summed E-state index contributed by atoms with van der Waals surface area (Å²) in [6, 6.07) is 15.5. The minimum atomic E-state index is -0.211. The molecule has 0 atom stereocenters. The molecule has 0 bridgehead atoms. The van der Waals surface area contributed by atoms with Crippen molar-refractivity contribution >= 4 is 27.8 Å². The molecule has 0 spiro atoms. The molecule has 1 aliphatic carbocycles. The van der Waals surface area contributed by atoms with Crippen molar-refractivity contribution in [2.45, 2.75) is 44.3 Å². The average Bonchev–Trinajstić information content (AvgIpc) is 3.56. The number of nitrogens with two attached hydrogens (primary N) is 1. The summed E-state index contributed by atoms with van der Waals surface area (Å²) in [7, 11) is 0. The number of fused-ring (bicyclic) bond motifs is 2. The monoisotopic (exact) mass is 543 g/mol. The predicted molar refractivity (Wildman–Crippen MR) is 153 cm³/mol. The first-order chi connectivity index (χ1) is 19.6. The summed E-state index contributed by atoms with van der Waals surface area (Å²) in [5, 5.41) is 25.7. The molecule has 40 heavy (non-hydrogen) atoms. The van der Waals surface area contributed by atoms with Gasteiger partial charge in [-0.1, -0.05) is 24.3 Å². The topological polar surface area (TPSA) is 118 Å². The highest BCUT2D eigenvalue weighted by atomic mass is 19.1. The third-order valence-electron chi connectivity index (χ3n) is 8.16. The van der Waals surface area contributed by atoms with Crippen molar-refractivity contribution in [1.82, 2.24) is 29.2 Å². The molecule has 4 N–H and O–H groups in total. The summed E-state index contributed by atoms with van der Waals surface area (Å²) in [5.74, 6) is 0.186. The maximum atomic E-state index is 14.3. The fourth-order valence-electron chi connectivity index (χ4n) is 6.15. The predicted octanol–water partition coefficient (Wildman–Crippen LogP) is 3.99. The maximum absolute atomic E-state index is 14.3. The Kier molecular flexibility index (Phi) is 7.46. The molecule has 208 valence electrons. The molecule has 9 nitrogen and oxygen atoms in total. The Morgan fingerprint density at radius 1 is 0.975 bits per heavy atom. The van der Waals surface area contributed by atoms with E-state index in [1.165, 1.54) is 12.4 Å². The highest BCUT2D eigenvalue weighted by molar-refractivity contribution is 6.00. The van der Waals surface area contributed by atoms with Crippen LogP contribution in [0.1, 0.15) is 37.3 Å². The van der Waals surface area contributed by atoms with Crippen LogP contribution >= 0.6 is 0 Å². The molecule has 0 unspecified atom stereocenters. The number of nitrogens with zero attached hydrogens (tertiary/aromatic N) is 6. The average molecular weight is 544 g/mol. The zero-order chi connectivity index (χ0) is 27.6. The SMILES string of the molecule is Nc1ncnc2c1c(-c1ccc3c(ccn3Cc3ccccc3F)c1)nn2C1CCC(N(CCO)CCO)CC1. The number of aromatic nitrogens is 5. The van der Waals surface area contributed by atoms with Gasteiger partial charge in [-0.05, 0) is 49.9 Å². The second-order valence-corrected chi connectivity index (χ2v) is 10.5. The van der Waals surface area contributed by atoms with E-state index in [1.807, 2.05) is 39.7 Å². The third kappa shape index (κ3) is 4.94. The first kappa shape index (κ1) is 26.4. The fourth-order valence-corrected chi connectivity index (χ4v) is 6.15. The number of hydrogen-bond donors (Lipinski definition) is 3. The van der Waals surface area contributed by atoms with E-state index in [1.54, 1.807) is 12.1 Å². The zero-order valence-electron chi connectivity index (χ0n) is 22.3. The molecular weight excluding hydrogens is 509 g/mol. The summed E-state index contributed by atoms with van der Waals surface area (Å²) >= 11 is 0. The van der Waals surface area contributed by atoms with E-state index in [0.29, 0.717) is 37.1 Å². The van der Waals surface area contributed by atoms with Crippen LogP contribution in [0.5, 0.6) is 0 Å². The van der Waals surface area contributed by atoms with Gasteiger partial charge in [0.15, 0.2) is 5.65 Å². The van der Waals surface area contributed by atoms with Crippen LogP contribution in [0.25, 0.3) is 33.2 Å². The number of rotatable bonds is 9. The van der Waals surface area contributed by atoms with Crippen molar-refractivity contribution in [3.63, 3.8) is 0 Å². The minimum Gasteiger partial charge on any atom is -0.395 e. The number of aliphatic hydroxyl groups excluding tert-OH is 2. The highest BCUT2D eigenvalue weighted by Gasteiger charge is 2.29. The van der Waals surface area contributed by atoms with Crippen LogP contribution in [0.3, 0.4) is 0 Å². The van der Waals surface area contributed by atoms with E-state index in [4.69, 9.17) is 10.8 Å². The lowest BCUT2D eigenvalue weighted by atomic mass is 9.90. The number of nitrogen functional groups attached to an aromatic ring is 1. The molecule has 5 aromatic rings. The number of halogens is 1. The lowest BCUT2D eigenvalue weighted by Gasteiger charge is -2.36. The van der Waals surface area contributed by atoms with Crippen molar-refractivity contribution in [2.75, 3.05) is 32.0 Å². The number of anilines is 1. The Balaban J connectivity index is 1.30. The van der Waals surface area contributed by atoms with E-state index in [-0.39, 0.29) is 25.1 Å². The molecule has 1 saturated carbocycles. The Morgan fingerprint density at radius 2 is 1.75 bits per heavy atom. The van der Waals surface area contributed by atoms with Gasteiger partial charge >= 0.3 is 0 Å². The summed E-state index contributed by atoms with van der Waals surface area (Å²) in [5.41, 5.74) is 10.4. The summed E-state index contributed by atoms with van der Waals surface area (Å²) in [4.78, 5) is 11.0. The van der Waals surface area contributed by atoms with Crippen LogP contribution in [-0.2, 0) is 6.54 Å². The molecule has 0 amide bonds. The first-order valence-electron chi connectivity index (χ1n) is 13.8. The molecule has 6 rings (SSSR count). The van der Waals surface area contributed by atoms with Crippen molar-refractivity contribution in [2.24, 2.45) is 0 Å². The molecule has 1 aliphatic rings. The normalized spacial score (nSPS) is 17.8. The Bertz CT molecular complexity index is 1620. The molecule has 2 aromatic carbocycles. The van der Waals surface area contributed by atoms with Gasteiger partial charge in [-0.2, -0.15) is 5.10 Å². The van der Waals surface area contributed by atoms with E-state index in [0.717, 1.165) is 58.9 Å². The largest absolute Gasteiger partial charge is 0.395 e. The molecule has 0 aliphatic heterocycles. The Labute approximate surface area is 231 Å². The van der Waals surface area contributed by atoms with E-state index < -0.39 is 0 Å². The molecular formula is C30H34FN7O2. The smallest absolute Gasteiger partial charge is 0.164 e. The number of hydrogen-bond acceptors (Lipinski definition) is 7. The van der Waals surface area contributed by atoms with Crippen LogP contribution < -0.4 is 5.73 Å². The van der Waals surface area contributed by atoms with Crippen molar-refractivity contribution in [3.8, 4) is 11.3 Å². The van der Waals surface area contributed by atoms with Crippen LogP contribution in [0.4, 0.5) is 10.2 Å². The van der Waals surface area contributed by atoms with Gasteiger partial charge in [0.1, 0.15) is 23.7 Å². The van der Waals surface area contributed by atoms with E-state index >= 15 is 0 Å². The van der Waals surface area contributed by atoms with Gasteiger partial charge in [0.05, 0.1) is 31.2 Å². The lowest BCUT2D eigenvalue weighted by molar-refractivity contribution is 0.0909. The summed E-state index contributed by atoms with van der Waals surface area (Å²) in [6.45, 7) is 1.75. The quantitative estimate of drug-likeness (QED) is 0.257. The van der Waals surface area contributed by atoms with E-state index in [2.05, 4.69) is 20.9 Å². The fraction of sp³-hybridized carbons (Fsp3) is 0.367. The van der Waals surface area contributed by atoms with Crippen molar-refractivity contribution < 1.29 is 14.6 Å². The molecule has 0 radical (unpaired) electrons. The first-order valence-corrected chi connectivity index (χ1v) is 13.8. The van der Waals surface area contributed by atoms with Gasteiger partial charge < -0.3 is 20.5 Å². The summed E-state index contributed by atoms with van der Waals surface area (Å²) < 4.78 is 18.3.